The molecular formula is C15H22F2N2O2. The molecule has 6 heteroatoms. The van der Waals surface area contributed by atoms with Crippen LogP contribution in [0.2, 0.25) is 0 Å². The van der Waals surface area contributed by atoms with E-state index in [1.807, 2.05) is 0 Å². The lowest BCUT2D eigenvalue weighted by atomic mass is 9.95. The Bertz CT molecular complexity index is 434. The second-order valence-electron chi connectivity index (χ2n) is 4.85. The predicted octanol–water partition coefficient (Wildman–Crippen LogP) is 2.78. The molecule has 0 heterocycles. The van der Waals surface area contributed by atoms with Gasteiger partial charge in [0.1, 0.15) is 5.75 Å². The number of alkyl halides is 2. The van der Waals surface area contributed by atoms with E-state index >= 15 is 0 Å². The minimum Gasteiger partial charge on any atom is -0.435 e. The van der Waals surface area contributed by atoms with Gasteiger partial charge in [-0.05, 0) is 30.2 Å². The van der Waals surface area contributed by atoms with Crippen LogP contribution in [0.1, 0.15) is 37.0 Å². The fourth-order valence-electron chi connectivity index (χ4n) is 2.16. The molecule has 0 spiro atoms. The highest BCUT2D eigenvalue weighted by atomic mass is 19.3. The highest BCUT2D eigenvalue weighted by Gasteiger charge is 2.15. The first-order valence-corrected chi connectivity index (χ1v) is 7.06. The van der Waals surface area contributed by atoms with Crippen molar-refractivity contribution in [1.29, 1.82) is 0 Å². The number of carbonyl (C=O) groups excluding carboxylic acids is 1. The first-order chi connectivity index (χ1) is 9.97. The third-order valence-electron chi connectivity index (χ3n) is 3.49. The number of nitrogens with two attached hydrogens (primary N) is 1. The van der Waals surface area contributed by atoms with Crippen LogP contribution in [0, 0.1) is 5.92 Å². The molecule has 0 fully saturated rings. The summed E-state index contributed by atoms with van der Waals surface area (Å²) in [6.07, 6.45) is 1.93. The average Bonchev–Trinajstić information content (AvgIpc) is 2.46. The average molecular weight is 300 g/mol. The molecule has 3 N–H and O–H groups in total. The van der Waals surface area contributed by atoms with Crippen molar-refractivity contribution in [2.75, 3.05) is 6.54 Å². The van der Waals surface area contributed by atoms with E-state index in [-0.39, 0.29) is 17.7 Å². The van der Waals surface area contributed by atoms with Crippen LogP contribution in [0.25, 0.3) is 0 Å². The molecule has 4 nitrogen and oxygen atoms in total. The van der Waals surface area contributed by atoms with E-state index in [1.54, 1.807) is 0 Å². The van der Waals surface area contributed by atoms with E-state index in [1.165, 1.54) is 24.3 Å². The van der Waals surface area contributed by atoms with Crippen LogP contribution < -0.4 is 15.8 Å². The molecule has 0 radical (unpaired) electrons. The Labute approximate surface area is 123 Å². The molecule has 0 aliphatic heterocycles. The minimum atomic E-state index is -2.87. The third kappa shape index (κ3) is 5.67. The van der Waals surface area contributed by atoms with Gasteiger partial charge in [0.2, 0.25) is 0 Å². The van der Waals surface area contributed by atoms with Gasteiger partial charge >= 0.3 is 6.61 Å². The van der Waals surface area contributed by atoms with E-state index in [0.29, 0.717) is 18.0 Å². The van der Waals surface area contributed by atoms with Gasteiger partial charge in [-0.1, -0.05) is 26.7 Å². The highest BCUT2D eigenvalue weighted by molar-refractivity contribution is 5.94. The first kappa shape index (κ1) is 17.4. The first-order valence-electron chi connectivity index (χ1n) is 7.06. The van der Waals surface area contributed by atoms with Crippen molar-refractivity contribution in [3.63, 3.8) is 0 Å². The van der Waals surface area contributed by atoms with Crippen molar-refractivity contribution in [3.8, 4) is 5.75 Å². The maximum atomic E-state index is 12.0. The summed E-state index contributed by atoms with van der Waals surface area (Å²) in [5.74, 6) is 0.113. The van der Waals surface area contributed by atoms with Gasteiger partial charge in [-0.15, -0.1) is 0 Å². The Kier molecular flexibility index (Phi) is 7.08. The molecule has 0 aliphatic rings. The molecule has 0 aliphatic carbocycles. The maximum absolute atomic E-state index is 12.0. The zero-order chi connectivity index (χ0) is 15.8. The molecule has 1 rings (SSSR count). The number of carbonyl (C=O) groups is 1. The standard InChI is InChI=1S/C15H22F2N2O2/c1-3-10(4-2)13(18)9-19-14(20)11-5-7-12(8-6-11)21-15(16)17/h5-8,10,13,15H,3-4,9,18H2,1-2H3,(H,19,20). The summed E-state index contributed by atoms with van der Waals surface area (Å²) in [6.45, 7) is 1.65. The van der Waals surface area contributed by atoms with Crippen molar-refractivity contribution in [1.82, 2.24) is 5.32 Å². The van der Waals surface area contributed by atoms with Gasteiger partial charge in [-0.3, -0.25) is 4.79 Å². The lowest BCUT2D eigenvalue weighted by Gasteiger charge is -2.21. The summed E-state index contributed by atoms with van der Waals surface area (Å²) in [7, 11) is 0. The van der Waals surface area contributed by atoms with Crippen LogP contribution in [-0.2, 0) is 0 Å². The normalized spacial score (nSPS) is 12.5. The molecule has 0 saturated heterocycles. The number of amides is 1. The van der Waals surface area contributed by atoms with E-state index in [9.17, 15) is 13.6 Å². The largest absolute Gasteiger partial charge is 0.435 e. The number of ether oxygens (including phenoxy) is 1. The minimum absolute atomic E-state index is 0.0234. The Hall–Kier alpha value is -1.69. The van der Waals surface area contributed by atoms with Crippen LogP contribution in [0.3, 0.4) is 0 Å². The fourth-order valence-corrected chi connectivity index (χ4v) is 2.16. The summed E-state index contributed by atoms with van der Waals surface area (Å²) in [5.41, 5.74) is 6.41. The van der Waals surface area contributed by atoms with Crippen LogP contribution in [-0.4, -0.2) is 25.1 Å². The van der Waals surface area contributed by atoms with Crippen molar-refractivity contribution < 1.29 is 18.3 Å². The summed E-state index contributed by atoms with van der Waals surface area (Å²) in [6, 6.07) is 5.46. The lowest BCUT2D eigenvalue weighted by Crippen LogP contribution is -2.41. The van der Waals surface area contributed by atoms with Crippen LogP contribution in [0.5, 0.6) is 5.75 Å². The molecule has 0 saturated carbocycles. The van der Waals surface area contributed by atoms with Crippen molar-refractivity contribution in [2.45, 2.75) is 39.3 Å². The fraction of sp³-hybridized carbons (Fsp3) is 0.533. The molecule has 21 heavy (non-hydrogen) atoms. The Balaban J connectivity index is 2.52. The van der Waals surface area contributed by atoms with Gasteiger partial charge in [0.25, 0.3) is 5.91 Å². The summed E-state index contributed by atoms with van der Waals surface area (Å²) in [5, 5.41) is 2.76. The number of hydrogen-bond acceptors (Lipinski definition) is 3. The van der Waals surface area contributed by atoms with E-state index in [4.69, 9.17) is 5.73 Å². The lowest BCUT2D eigenvalue weighted by molar-refractivity contribution is -0.0498. The molecule has 1 aromatic rings. The Morgan fingerprint density at radius 3 is 2.29 bits per heavy atom. The molecule has 1 aromatic carbocycles. The SMILES string of the molecule is CCC(CC)C(N)CNC(=O)c1ccc(OC(F)F)cc1. The summed E-state index contributed by atoms with van der Waals surface area (Å²) in [4.78, 5) is 11.9. The number of halogens is 2. The Morgan fingerprint density at radius 1 is 1.24 bits per heavy atom. The Morgan fingerprint density at radius 2 is 1.81 bits per heavy atom. The predicted molar refractivity (Wildman–Crippen MR) is 77.5 cm³/mol. The zero-order valence-corrected chi connectivity index (χ0v) is 12.3. The van der Waals surface area contributed by atoms with E-state index in [0.717, 1.165) is 12.8 Å². The van der Waals surface area contributed by atoms with Gasteiger partial charge < -0.3 is 15.8 Å². The van der Waals surface area contributed by atoms with Gasteiger partial charge in [-0.25, -0.2) is 0 Å². The second kappa shape index (κ2) is 8.56. The molecule has 1 atom stereocenters. The van der Waals surface area contributed by atoms with E-state index in [2.05, 4.69) is 23.9 Å². The molecule has 0 aromatic heterocycles. The molecule has 118 valence electrons. The molecular weight excluding hydrogens is 278 g/mol. The summed E-state index contributed by atoms with van der Waals surface area (Å²) < 4.78 is 28.3. The second-order valence-corrected chi connectivity index (χ2v) is 4.85. The topological polar surface area (TPSA) is 64.3 Å². The third-order valence-corrected chi connectivity index (χ3v) is 3.49. The number of hydrogen-bond donors (Lipinski definition) is 2. The van der Waals surface area contributed by atoms with Crippen molar-refractivity contribution >= 4 is 5.91 Å². The van der Waals surface area contributed by atoms with Gasteiger partial charge in [-0.2, -0.15) is 8.78 Å². The van der Waals surface area contributed by atoms with Gasteiger partial charge in [0.15, 0.2) is 0 Å². The van der Waals surface area contributed by atoms with Gasteiger partial charge in [0, 0.05) is 18.2 Å². The van der Waals surface area contributed by atoms with Crippen LogP contribution in [0.15, 0.2) is 24.3 Å². The number of nitrogens with one attached hydrogen (secondary N) is 1. The number of rotatable bonds is 8. The van der Waals surface area contributed by atoms with Gasteiger partial charge in [0.05, 0.1) is 0 Å². The molecule has 0 bridgehead atoms. The van der Waals surface area contributed by atoms with Crippen LogP contribution >= 0.6 is 0 Å². The highest BCUT2D eigenvalue weighted by Crippen LogP contribution is 2.15. The monoisotopic (exact) mass is 300 g/mol. The maximum Gasteiger partial charge on any atom is 0.387 e. The molecule has 1 unspecified atom stereocenters. The zero-order valence-electron chi connectivity index (χ0n) is 12.3. The summed E-state index contributed by atoms with van der Waals surface area (Å²) >= 11 is 0. The number of benzene rings is 1. The van der Waals surface area contributed by atoms with Crippen molar-refractivity contribution in [3.05, 3.63) is 29.8 Å². The van der Waals surface area contributed by atoms with E-state index < -0.39 is 6.61 Å². The smallest absolute Gasteiger partial charge is 0.387 e. The van der Waals surface area contributed by atoms with Crippen molar-refractivity contribution in [2.24, 2.45) is 11.7 Å². The quantitative estimate of drug-likeness (QED) is 0.776. The molecule has 1 amide bonds. The van der Waals surface area contributed by atoms with Crippen LogP contribution in [0.4, 0.5) is 8.78 Å².